The van der Waals surface area contributed by atoms with Crippen LogP contribution in [-0.4, -0.2) is 19.6 Å². The van der Waals surface area contributed by atoms with Crippen LogP contribution in [0, 0.1) is 5.82 Å². The summed E-state index contributed by atoms with van der Waals surface area (Å²) in [5.41, 5.74) is 1.09. The van der Waals surface area contributed by atoms with Crippen LogP contribution in [-0.2, 0) is 0 Å². The molecule has 0 aliphatic carbocycles. The molecule has 0 saturated carbocycles. The molecule has 0 saturated heterocycles. The van der Waals surface area contributed by atoms with Gasteiger partial charge in [0, 0.05) is 23.5 Å². The summed E-state index contributed by atoms with van der Waals surface area (Å²) < 4.78 is 15.0. The van der Waals surface area contributed by atoms with Gasteiger partial charge in [-0.05, 0) is 17.7 Å². The van der Waals surface area contributed by atoms with E-state index in [0.29, 0.717) is 16.9 Å². The fourth-order valence-corrected chi connectivity index (χ4v) is 1.75. The van der Waals surface area contributed by atoms with Gasteiger partial charge in [0.2, 0.25) is 5.28 Å². The van der Waals surface area contributed by atoms with Crippen molar-refractivity contribution < 1.29 is 4.39 Å². The molecule has 3 rings (SSSR count). The predicted octanol–water partition coefficient (Wildman–Crippen LogP) is 2.58. The summed E-state index contributed by atoms with van der Waals surface area (Å²) in [6.45, 7) is 0. The Morgan fingerprint density at radius 2 is 2.06 bits per heavy atom. The first-order chi connectivity index (χ1) is 8.24. The quantitative estimate of drug-likeness (QED) is 0.665. The van der Waals surface area contributed by atoms with E-state index in [1.807, 2.05) is 0 Å². The maximum atomic E-state index is 13.6. The minimum Gasteiger partial charge on any atom is -0.219 e. The van der Waals surface area contributed by atoms with Crippen molar-refractivity contribution in [1.82, 2.24) is 19.6 Å². The summed E-state index contributed by atoms with van der Waals surface area (Å²) in [6, 6.07) is 6.47. The van der Waals surface area contributed by atoms with Crippen LogP contribution in [0.3, 0.4) is 0 Å². The van der Waals surface area contributed by atoms with Crippen molar-refractivity contribution in [1.29, 1.82) is 0 Å². The maximum absolute atomic E-state index is 13.6. The summed E-state index contributed by atoms with van der Waals surface area (Å²) in [4.78, 5) is 7.94. The summed E-state index contributed by atoms with van der Waals surface area (Å²) in [5.74, 6) is 0.0787. The van der Waals surface area contributed by atoms with Gasteiger partial charge in [0.1, 0.15) is 5.82 Å². The average molecular weight is 249 g/mol. The molecule has 0 N–H and O–H groups in total. The Balaban J connectivity index is 2.21. The monoisotopic (exact) mass is 248 g/mol. The van der Waals surface area contributed by atoms with Crippen LogP contribution in [0.25, 0.3) is 16.9 Å². The number of hydrogen-bond acceptors (Lipinski definition) is 3. The first-order valence-corrected chi connectivity index (χ1v) is 5.25. The molecule has 0 aliphatic heterocycles. The molecule has 0 atom stereocenters. The largest absolute Gasteiger partial charge is 0.253 e. The van der Waals surface area contributed by atoms with Crippen molar-refractivity contribution in [3.8, 4) is 11.1 Å². The van der Waals surface area contributed by atoms with Gasteiger partial charge in [0.25, 0.3) is 5.78 Å². The van der Waals surface area contributed by atoms with Crippen molar-refractivity contribution >= 4 is 17.4 Å². The van der Waals surface area contributed by atoms with Crippen LogP contribution in [0.1, 0.15) is 0 Å². The standard InChI is InChI=1S/C11H6ClFN4/c12-10-15-11-14-5-7(6-17(11)16-10)8-3-1-2-4-9(8)13/h1-6H. The van der Waals surface area contributed by atoms with E-state index in [2.05, 4.69) is 15.1 Å². The SMILES string of the molecule is Fc1ccccc1-c1cnc2nc(Cl)nn2c1. The molecule has 2 heterocycles. The summed E-state index contributed by atoms with van der Waals surface area (Å²) >= 11 is 5.66. The van der Waals surface area contributed by atoms with Gasteiger partial charge in [-0.15, -0.1) is 5.10 Å². The zero-order valence-corrected chi connectivity index (χ0v) is 9.26. The third-order valence-electron chi connectivity index (χ3n) is 2.35. The lowest BCUT2D eigenvalue weighted by Gasteiger charge is -2.02. The second-order valence-electron chi connectivity index (χ2n) is 3.45. The van der Waals surface area contributed by atoms with Crippen LogP contribution < -0.4 is 0 Å². The molecule has 0 bridgehead atoms. The van der Waals surface area contributed by atoms with Crippen molar-refractivity contribution in [2.75, 3.05) is 0 Å². The second-order valence-corrected chi connectivity index (χ2v) is 3.79. The number of rotatable bonds is 1. The summed E-state index contributed by atoms with van der Waals surface area (Å²) in [6.07, 6.45) is 3.18. The first-order valence-electron chi connectivity index (χ1n) is 4.87. The number of aromatic nitrogens is 4. The summed E-state index contributed by atoms with van der Waals surface area (Å²) in [7, 11) is 0. The Morgan fingerprint density at radius 3 is 2.88 bits per heavy atom. The maximum Gasteiger partial charge on any atom is 0.253 e. The Bertz CT molecular complexity index is 695. The molecule has 0 aliphatic rings. The molecule has 0 radical (unpaired) electrons. The average Bonchev–Trinajstić information content (AvgIpc) is 2.68. The molecule has 4 nitrogen and oxygen atoms in total. The number of fused-ring (bicyclic) bond motifs is 1. The van der Waals surface area contributed by atoms with Crippen molar-refractivity contribution in [2.24, 2.45) is 0 Å². The molecule has 3 aromatic rings. The number of benzene rings is 1. The van der Waals surface area contributed by atoms with E-state index >= 15 is 0 Å². The minimum absolute atomic E-state index is 0.114. The van der Waals surface area contributed by atoms with Gasteiger partial charge in [-0.2, -0.15) is 4.98 Å². The van der Waals surface area contributed by atoms with Crippen molar-refractivity contribution in [3.05, 3.63) is 47.8 Å². The zero-order valence-electron chi connectivity index (χ0n) is 8.51. The topological polar surface area (TPSA) is 43.1 Å². The van der Waals surface area contributed by atoms with Crippen molar-refractivity contribution in [3.63, 3.8) is 0 Å². The van der Waals surface area contributed by atoms with Gasteiger partial charge < -0.3 is 0 Å². The van der Waals surface area contributed by atoms with Crippen LogP contribution >= 0.6 is 11.6 Å². The molecule has 0 unspecified atom stereocenters. The molecule has 6 heteroatoms. The van der Waals surface area contributed by atoms with Crippen molar-refractivity contribution in [2.45, 2.75) is 0 Å². The van der Waals surface area contributed by atoms with Gasteiger partial charge in [-0.3, -0.25) is 0 Å². The van der Waals surface area contributed by atoms with Crippen LogP contribution in [0.2, 0.25) is 5.28 Å². The van der Waals surface area contributed by atoms with Crippen LogP contribution in [0.4, 0.5) is 4.39 Å². The Kier molecular flexibility index (Phi) is 2.26. The van der Waals surface area contributed by atoms with E-state index in [9.17, 15) is 4.39 Å². The van der Waals surface area contributed by atoms with Gasteiger partial charge in [0.05, 0.1) is 0 Å². The smallest absolute Gasteiger partial charge is 0.219 e. The van der Waals surface area contributed by atoms with E-state index in [1.54, 1.807) is 30.6 Å². The second kappa shape index (κ2) is 3.78. The number of halogens is 2. The first kappa shape index (κ1) is 10.2. The molecular formula is C11H6ClFN4. The van der Waals surface area contributed by atoms with E-state index in [0.717, 1.165) is 0 Å². The van der Waals surface area contributed by atoms with E-state index < -0.39 is 0 Å². The molecule has 2 aromatic heterocycles. The fourth-order valence-electron chi connectivity index (χ4n) is 1.59. The molecule has 0 amide bonds. The molecule has 0 spiro atoms. The lowest BCUT2D eigenvalue weighted by atomic mass is 10.1. The highest BCUT2D eigenvalue weighted by Gasteiger charge is 2.07. The minimum atomic E-state index is -0.306. The van der Waals surface area contributed by atoms with E-state index in [-0.39, 0.29) is 11.1 Å². The zero-order chi connectivity index (χ0) is 11.8. The third-order valence-corrected chi connectivity index (χ3v) is 2.51. The molecule has 17 heavy (non-hydrogen) atoms. The molecule has 1 aromatic carbocycles. The summed E-state index contributed by atoms with van der Waals surface area (Å²) in [5, 5.41) is 4.03. The van der Waals surface area contributed by atoms with E-state index in [1.165, 1.54) is 10.6 Å². The third kappa shape index (κ3) is 1.74. The van der Waals surface area contributed by atoms with Gasteiger partial charge >= 0.3 is 0 Å². The lowest BCUT2D eigenvalue weighted by molar-refractivity contribution is 0.631. The molecule has 0 fully saturated rings. The highest BCUT2D eigenvalue weighted by molar-refractivity contribution is 6.28. The Hall–Kier alpha value is -2.01. The Labute approximate surface area is 101 Å². The van der Waals surface area contributed by atoms with Crippen LogP contribution in [0.5, 0.6) is 0 Å². The van der Waals surface area contributed by atoms with Gasteiger partial charge in [-0.1, -0.05) is 18.2 Å². The van der Waals surface area contributed by atoms with Gasteiger partial charge in [-0.25, -0.2) is 13.9 Å². The highest BCUT2D eigenvalue weighted by atomic mass is 35.5. The fraction of sp³-hybridized carbons (Fsp3) is 0. The molecule has 84 valence electrons. The van der Waals surface area contributed by atoms with E-state index in [4.69, 9.17) is 11.6 Å². The number of nitrogens with zero attached hydrogens (tertiary/aromatic N) is 4. The van der Waals surface area contributed by atoms with Gasteiger partial charge in [0.15, 0.2) is 0 Å². The lowest BCUT2D eigenvalue weighted by Crippen LogP contribution is -1.93. The molecular weight excluding hydrogens is 243 g/mol. The highest BCUT2D eigenvalue weighted by Crippen LogP contribution is 2.21. The Morgan fingerprint density at radius 1 is 1.24 bits per heavy atom. The normalized spacial score (nSPS) is 10.9. The predicted molar refractivity (Wildman–Crippen MR) is 61.2 cm³/mol. The van der Waals surface area contributed by atoms with Crippen LogP contribution in [0.15, 0.2) is 36.7 Å². The number of hydrogen-bond donors (Lipinski definition) is 0.